The van der Waals surface area contributed by atoms with Crippen LogP contribution in [0.1, 0.15) is 24.9 Å². The molecule has 4 heteroatoms. The van der Waals surface area contributed by atoms with Crippen LogP contribution in [0.3, 0.4) is 0 Å². The summed E-state index contributed by atoms with van der Waals surface area (Å²) >= 11 is 0. The molecule has 0 bridgehead atoms. The summed E-state index contributed by atoms with van der Waals surface area (Å²) in [5, 5.41) is 9.13. The molecule has 0 aliphatic heterocycles. The van der Waals surface area contributed by atoms with Gasteiger partial charge in [-0.3, -0.25) is 0 Å². The number of rotatable bonds is 7. The second kappa shape index (κ2) is 7.24. The highest BCUT2D eigenvalue weighted by Gasteiger charge is 2.16. The molecule has 0 aromatic heterocycles. The topological polar surface area (TPSA) is 41.9 Å². The summed E-state index contributed by atoms with van der Waals surface area (Å²) in [5.74, 6) is 1.49. The van der Waals surface area contributed by atoms with Crippen molar-refractivity contribution >= 4 is 0 Å². The van der Waals surface area contributed by atoms with Crippen LogP contribution in [0.5, 0.6) is 11.5 Å². The molecular weight excluding hydrogens is 230 g/mol. The molecule has 4 nitrogen and oxygen atoms in total. The van der Waals surface area contributed by atoms with Gasteiger partial charge >= 0.3 is 0 Å². The van der Waals surface area contributed by atoms with Gasteiger partial charge in [-0.1, -0.05) is 6.07 Å². The molecule has 0 radical (unpaired) electrons. The third kappa shape index (κ3) is 3.62. The van der Waals surface area contributed by atoms with Gasteiger partial charge in [0.15, 0.2) is 11.5 Å². The minimum atomic E-state index is 0.165. The van der Waals surface area contributed by atoms with Gasteiger partial charge < -0.3 is 19.5 Å². The van der Waals surface area contributed by atoms with E-state index in [9.17, 15) is 0 Å². The number of nitrogens with zero attached hydrogens (tertiary/aromatic N) is 1. The molecule has 0 spiro atoms. The molecule has 0 amide bonds. The smallest absolute Gasteiger partial charge is 0.161 e. The summed E-state index contributed by atoms with van der Waals surface area (Å²) in [5.41, 5.74) is 1.12. The van der Waals surface area contributed by atoms with Crippen molar-refractivity contribution in [2.24, 2.45) is 0 Å². The highest BCUT2D eigenvalue weighted by atomic mass is 16.5. The molecule has 1 aromatic rings. The standard InChI is InChI=1S/C14H23NO3/c1-5-18-13-7-6-11(10-14(13)17-4)12(8-9-16)15(2)3/h6-7,10,12,16H,5,8-9H2,1-4H3. The van der Waals surface area contributed by atoms with Crippen LogP contribution in [0, 0.1) is 0 Å². The SMILES string of the molecule is CCOc1ccc(C(CCO)N(C)C)cc1OC. The number of aliphatic hydroxyl groups is 1. The third-order valence-corrected chi connectivity index (χ3v) is 2.90. The second-order valence-corrected chi connectivity index (χ2v) is 4.34. The van der Waals surface area contributed by atoms with Crippen molar-refractivity contribution in [3.05, 3.63) is 23.8 Å². The van der Waals surface area contributed by atoms with Crippen molar-refractivity contribution in [2.45, 2.75) is 19.4 Å². The molecule has 1 rings (SSSR count). The maximum atomic E-state index is 9.13. The zero-order chi connectivity index (χ0) is 13.5. The summed E-state index contributed by atoms with van der Waals surface area (Å²) in [4.78, 5) is 2.09. The first-order valence-electron chi connectivity index (χ1n) is 6.22. The first-order chi connectivity index (χ1) is 8.63. The number of hydrogen-bond acceptors (Lipinski definition) is 4. The van der Waals surface area contributed by atoms with Crippen molar-refractivity contribution < 1.29 is 14.6 Å². The van der Waals surface area contributed by atoms with E-state index in [4.69, 9.17) is 14.6 Å². The zero-order valence-corrected chi connectivity index (χ0v) is 11.6. The van der Waals surface area contributed by atoms with Gasteiger partial charge in [-0.05, 0) is 45.1 Å². The van der Waals surface area contributed by atoms with Gasteiger partial charge in [0.25, 0.3) is 0 Å². The Labute approximate surface area is 109 Å². The van der Waals surface area contributed by atoms with E-state index in [1.807, 2.05) is 39.2 Å². The Hall–Kier alpha value is -1.26. The van der Waals surface area contributed by atoms with Gasteiger partial charge in [0, 0.05) is 12.6 Å². The summed E-state index contributed by atoms with van der Waals surface area (Å²) in [6, 6.07) is 6.10. The Bertz CT molecular complexity index is 366. The average molecular weight is 253 g/mol. The van der Waals surface area contributed by atoms with E-state index in [-0.39, 0.29) is 12.6 Å². The van der Waals surface area contributed by atoms with Crippen LogP contribution in [-0.2, 0) is 0 Å². The molecule has 1 aromatic carbocycles. The fourth-order valence-electron chi connectivity index (χ4n) is 2.01. The van der Waals surface area contributed by atoms with Crippen LogP contribution in [0.25, 0.3) is 0 Å². The molecule has 18 heavy (non-hydrogen) atoms. The molecule has 1 unspecified atom stereocenters. The predicted octanol–water partition coefficient (Wildman–Crippen LogP) is 2.08. The van der Waals surface area contributed by atoms with Gasteiger partial charge in [-0.15, -0.1) is 0 Å². The van der Waals surface area contributed by atoms with Crippen molar-refractivity contribution in [1.29, 1.82) is 0 Å². The lowest BCUT2D eigenvalue weighted by Gasteiger charge is -2.24. The predicted molar refractivity (Wildman–Crippen MR) is 72.3 cm³/mol. The number of methoxy groups -OCH3 is 1. The first kappa shape index (κ1) is 14.8. The maximum Gasteiger partial charge on any atom is 0.161 e. The number of ether oxygens (including phenoxy) is 2. The van der Waals surface area contributed by atoms with Crippen molar-refractivity contribution in [2.75, 3.05) is 34.4 Å². The number of hydrogen-bond donors (Lipinski definition) is 1. The molecule has 0 saturated carbocycles. The molecule has 102 valence electrons. The van der Waals surface area contributed by atoms with Gasteiger partial charge in [0.2, 0.25) is 0 Å². The fraction of sp³-hybridized carbons (Fsp3) is 0.571. The third-order valence-electron chi connectivity index (χ3n) is 2.90. The van der Waals surface area contributed by atoms with Crippen LogP contribution in [0.2, 0.25) is 0 Å². The lowest BCUT2D eigenvalue weighted by atomic mass is 10.0. The van der Waals surface area contributed by atoms with Crippen LogP contribution in [0.15, 0.2) is 18.2 Å². The van der Waals surface area contributed by atoms with E-state index in [2.05, 4.69) is 4.90 Å². The largest absolute Gasteiger partial charge is 0.493 e. The highest BCUT2D eigenvalue weighted by molar-refractivity contribution is 5.43. The first-order valence-corrected chi connectivity index (χ1v) is 6.22. The molecule has 0 aliphatic rings. The van der Waals surface area contributed by atoms with Crippen LogP contribution >= 0.6 is 0 Å². The minimum absolute atomic E-state index is 0.165. The van der Waals surface area contributed by atoms with E-state index < -0.39 is 0 Å². The van der Waals surface area contributed by atoms with Gasteiger partial charge in [-0.2, -0.15) is 0 Å². The molecule has 1 atom stereocenters. The van der Waals surface area contributed by atoms with Crippen molar-refractivity contribution in [3.8, 4) is 11.5 Å². The summed E-state index contributed by atoms with van der Waals surface area (Å²) in [6.45, 7) is 2.73. The monoisotopic (exact) mass is 253 g/mol. The Kier molecular flexibility index (Phi) is 5.95. The number of benzene rings is 1. The van der Waals surface area contributed by atoms with Gasteiger partial charge in [0.05, 0.1) is 13.7 Å². The Balaban J connectivity index is 3.01. The Morgan fingerprint density at radius 2 is 2.00 bits per heavy atom. The molecular formula is C14H23NO3. The molecule has 0 saturated heterocycles. The molecule has 1 N–H and O–H groups in total. The maximum absolute atomic E-state index is 9.13. The zero-order valence-electron chi connectivity index (χ0n) is 11.6. The summed E-state index contributed by atoms with van der Waals surface area (Å²) in [7, 11) is 5.64. The van der Waals surface area contributed by atoms with E-state index in [1.165, 1.54) is 0 Å². The van der Waals surface area contributed by atoms with Crippen LogP contribution in [0.4, 0.5) is 0 Å². The van der Waals surface area contributed by atoms with E-state index in [1.54, 1.807) is 7.11 Å². The van der Waals surface area contributed by atoms with Crippen LogP contribution < -0.4 is 9.47 Å². The average Bonchev–Trinajstić information content (AvgIpc) is 2.36. The summed E-state index contributed by atoms with van der Waals surface area (Å²) in [6.07, 6.45) is 0.699. The fourth-order valence-corrected chi connectivity index (χ4v) is 2.01. The Morgan fingerprint density at radius 1 is 1.28 bits per heavy atom. The number of aliphatic hydroxyl groups excluding tert-OH is 1. The molecule has 0 heterocycles. The molecule has 0 aliphatic carbocycles. The summed E-state index contributed by atoms with van der Waals surface area (Å²) < 4.78 is 10.8. The van der Waals surface area contributed by atoms with Crippen molar-refractivity contribution in [3.63, 3.8) is 0 Å². The van der Waals surface area contributed by atoms with Crippen LogP contribution in [-0.4, -0.2) is 44.4 Å². The van der Waals surface area contributed by atoms with E-state index in [0.29, 0.717) is 13.0 Å². The second-order valence-electron chi connectivity index (χ2n) is 4.34. The highest BCUT2D eigenvalue weighted by Crippen LogP contribution is 2.32. The lowest BCUT2D eigenvalue weighted by molar-refractivity contribution is 0.210. The van der Waals surface area contributed by atoms with Gasteiger partial charge in [0.1, 0.15) is 0 Å². The lowest BCUT2D eigenvalue weighted by Crippen LogP contribution is -2.21. The normalized spacial score (nSPS) is 12.6. The van der Waals surface area contributed by atoms with Gasteiger partial charge in [-0.25, -0.2) is 0 Å². The Morgan fingerprint density at radius 3 is 2.50 bits per heavy atom. The molecule has 0 fully saturated rings. The van der Waals surface area contributed by atoms with E-state index in [0.717, 1.165) is 17.1 Å². The minimum Gasteiger partial charge on any atom is -0.493 e. The van der Waals surface area contributed by atoms with Crippen molar-refractivity contribution in [1.82, 2.24) is 4.90 Å². The van der Waals surface area contributed by atoms with E-state index >= 15 is 0 Å². The quantitative estimate of drug-likeness (QED) is 0.808.